The number of nitrogen functional groups attached to an aromatic ring is 1. The lowest BCUT2D eigenvalue weighted by Crippen LogP contribution is -2.34. The zero-order valence-corrected chi connectivity index (χ0v) is 13.5. The average Bonchev–Trinajstić information content (AvgIpc) is 2.91. The van der Waals surface area contributed by atoms with Gasteiger partial charge in [0.15, 0.2) is 0 Å². The van der Waals surface area contributed by atoms with Gasteiger partial charge in [-0.15, -0.1) is 0 Å². The number of benzene rings is 1. The molecule has 0 aliphatic carbocycles. The van der Waals surface area contributed by atoms with Crippen molar-refractivity contribution in [2.24, 2.45) is 0 Å². The second-order valence-corrected chi connectivity index (χ2v) is 5.96. The third kappa shape index (κ3) is 3.10. The van der Waals surface area contributed by atoms with Crippen LogP contribution in [0.4, 0.5) is 5.69 Å². The van der Waals surface area contributed by atoms with Crippen LogP contribution in [-0.2, 0) is 29.1 Å². The van der Waals surface area contributed by atoms with Gasteiger partial charge in [0, 0.05) is 48.9 Å². The molecule has 2 aromatic rings. The van der Waals surface area contributed by atoms with Crippen LogP contribution in [0.3, 0.4) is 0 Å². The summed E-state index contributed by atoms with van der Waals surface area (Å²) >= 11 is 0. The summed E-state index contributed by atoms with van der Waals surface area (Å²) in [5, 5.41) is 13.6. The van der Waals surface area contributed by atoms with Crippen LogP contribution in [0.5, 0.6) is 0 Å². The molecule has 1 aromatic carbocycles. The number of nitrogens with two attached hydrogens (primary N) is 1. The van der Waals surface area contributed by atoms with Crippen LogP contribution in [0, 0.1) is 0 Å². The van der Waals surface area contributed by atoms with E-state index < -0.39 is 5.97 Å². The predicted molar refractivity (Wildman–Crippen MR) is 89.1 cm³/mol. The van der Waals surface area contributed by atoms with Crippen molar-refractivity contribution in [1.29, 1.82) is 0 Å². The summed E-state index contributed by atoms with van der Waals surface area (Å²) in [4.78, 5) is 24.4. The molecule has 3 rings (SSSR count). The zero-order valence-electron chi connectivity index (χ0n) is 13.5. The summed E-state index contributed by atoms with van der Waals surface area (Å²) in [7, 11) is 0. The highest BCUT2D eigenvalue weighted by Crippen LogP contribution is 2.31. The van der Waals surface area contributed by atoms with E-state index in [-0.39, 0.29) is 12.3 Å². The van der Waals surface area contributed by atoms with Crippen molar-refractivity contribution in [3.63, 3.8) is 0 Å². The maximum atomic E-state index is 11.7. The van der Waals surface area contributed by atoms with E-state index in [2.05, 4.69) is 5.10 Å². The lowest BCUT2D eigenvalue weighted by molar-refractivity contribution is -0.137. The Hall–Kier alpha value is -2.83. The molecule has 7 heteroatoms. The number of rotatable bonds is 4. The summed E-state index contributed by atoms with van der Waals surface area (Å²) in [6, 6.07) is 7.43. The van der Waals surface area contributed by atoms with E-state index in [0.29, 0.717) is 31.7 Å². The molecule has 1 aliphatic rings. The minimum Gasteiger partial charge on any atom is -0.481 e. The summed E-state index contributed by atoms with van der Waals surface area (Å²) < 4.78 is 1.76. The molecule has 1 amide bonds. The van der Waals surface area contributed by atoms with Crippen LogP contribution in [0.1, 0.15) is 24.6 Å². The molecule has 0 spiro atoms. The molecular weight excluding hydrogens is 308 g/mol. The van der Waals surface area contributed by atoms with Gasteiger partial charge in [0.1, 0.15) is 0 Å². The molecule has 1 aromatic heterocycles. The number of hydrogen-bond donors (Lipinski definition) is 2. The van der Waals surface area contributed by atoms with Crippen molar-refractivity contribution in [3.05, 3.63) is 35.5 Å². The first kappa shape index (κ1) is 16.0. The van der Waals surface area contributed by atoms with Gasteiger partial charge in [-0.25, -0.2) is 0 Å². The molecule has 3 N–H and O–H groups in total. The normalized spacial score (nSPS) is 13.6. The smallest absolute Gasteiger partial charge is 0.305 e. The molecule has 0 atom stereocenters. The highest BCUT2D eigenvalue weighted by Gasteiger charge is 2.26. The molecule has 0 fully saturated rings. The van der Waals surface area contributed by atoms with Gasteiger partial charge in [-0.1, -0.05) is 12.1 Å². The molecule has 126 valence electrons. The van der Waals surface area contributed by atoms with Crippen LogP contribution >= 0.6 is 0 Å². The number of aryl methyl sites for hydroxylation is 1. The van der Waals surface area contributed by atoms with Gasteiger partial charge in [-0.05, 0) is 12.1 Å². The molecule has 1 aliphatic heterocycles. The summed E-state index contributed by atoms with van der Waals surface area (Å²) in [6.45, 7) is 2.99. The highest BCUT2D eigenvalue weighted by atomic mass is 16.4. The largest absolute Gasteiger partial charge is 0.481 e. The Morgan fingerprint density at radius 3 is 2.83 bits per heavy atom. The Morgan fingerprint density at radius 1 is 1.38 bits per heavy atom. The monoisotopic (exact) mass is 328 g/mol. The molecule has 7 nitrogen and oxygen atoms in total. The van der Waals surface area contributed by atoms with Crippen LogP contribution < -0.4 is 5.73 Å². The Balaban J connectivity index is 2.04. The average molecular weight is 328 g/mol. The minimum absolute atomic E-state index is 0.0148. The van der Waals surface area contributed by atoms with Gasteiger partial charge in [0.25, 0.3) is 0 Å². The Kier molecular flexibility index (Phi) is 4.24. The first-order valence-electron chi connectivity index (χ1n) is 7.87. The number of carboxylic acid groups (broad SMARTS) is 1. The number of hydrogen-bond acceptors (Lipinski definition) is 4. The molecule has 0 saturated carbocycles. The standard InChI is InChI=1S/C17H20N4O3/c1-11(22)20-7-5-15-14(10-20)17(12-3-2-4-13(18)9-12)19-21(15)8-6-16(23)24/h2-4,9H,5-8,10,18H2,1H3,(H,23,24). The van der Waals surface area contributed by atoms with E-state index in [4.69, 9.17) is 10.8 Å². The van der Waals surface area contributed by atoms with E-state index in [1.807, 2.05) is 18.2 Å². The molecule has 0 unspecified atom stereocenters. The van der Waals surface area contributed by atoms with Crippen molar-refractivity contribution in [2.45, 2.75) is 32.9 Å². The molecule has 24 heavy (non-hydrogen) atoms. The number of carbonyl (C=O) groups excluding carboxylic acids is 1. The predicted octanol–water partition coefficient (Wildman–Crippen LogP) is 1.51. The summed E-state index contributed by atoms with van der Waals surface area (Å²) in [5.74, 6) is -0.830. The Morgan fingerprint density at radius 2 is 2.17 bits per heavy atom. The van der Waals surface area contributed by atoms with Gasteiger partial charge in [0.05, 0.1) is 18.7 Å². The fraction of sp³-hybridized carbons (Fsp3) is 0.353. The van der Waals surface area contributed by atoms with Crippen LogP contribution in [0.2, 0.25) is 0 Å². The fourth-order valence-electron chi connectivity index (χ4n) is 3.06. The fourth-order valence-corrected chi connectivity index (χ4v) is 3.06. The number of amides is 1. The zero-order chi connectivity index (χ0) is 17.3. The van der Waals surface area contributed by atoms with Gasteiger partial charge in [-0.3, -0.25) is 14.3 Å². The van der Waals surface area contributed by atoms with Crippen molar-refractivity contribution < 1.29 is 14.7 Å². The number of carboxylic acids is 1. The van der Waals surface area contributed by atoms with E-state index in [0.717, 1.165) is 22.5 Å². The van der Waals surface area contributed by atoms with Gasteiger partial charge >= 0.3 is 5.97 Å². The maximum Gasteiger partial charge on any atom is 0.305 e. The van der Waals surface area contributed by atoms with Gasteiger partial charge in [0.2, 0.25) is 5.91 Å². The topological polar surface area (TPSA) is 101 Å². The summed E-state index contributed by atoms with van der Waals surface area (Å²) in [6.07, 6.45) is 0.685. The van der Waals surface area contributed by atoms with Gasteiger partial charge < -0.3 is 15.7 Å². The lowest BCUT2D eigenvalue weighted by Gasteiger charge is -2.26. The van der Waals surface area contributed by atoms with Crippen molar-refractivity contribution in [1.82, 2.24) is 14.7 Å². The number of nitrogens with zero attached hydrogens (tertiary/aromatic N) is 3. The van der Waals surface area contributed by atoms with Gasteiger partial charge in [-0.2, -0.15) is 5.10 Å². The number of anilines is 1. The SMILES string of the molecule is CC(=O)N1CCc2c(c(-c3cccc(N)c3)nn2CCC(=O)O)C1. The van der Waals surface area contributed by atoms with Crippen molar-refractivity contribution >= 4 is 17.6 Å². The van der Waals surface area contributed by atoms with Crippen molar-refractivity contribution in [3.8, 4) is 11.3 Å². The van der Waals surface area contributed by atoms with Crippen molar-refractivity contribution in [2.75, 3.05) is 12.3 Å². The van der Waals surface area contributed by atoms with Crippen LogP contribution in [0.25, 0.3) is 11.3 Å². The Labute approximate surface area is 139 Å². The molecule has 2 heterocycles. The van der Waals surface area contributed by atoms with Crippen LogP contribution in [0.15, 0.2) is 24.3 Å². The highest BCUT2D eigenvalue weighted by molar-refractivity contribution is 5.75. The third-order valence-electron chi connectivity index (χ3n) is 4.28. The summed E-state index contributed by atoms with van der Waals surface area (Å²) in [5.41, 5.74) is 10.2. The minimum atomic E-state index is -0.856. The third-order valence-corrected chi connectivity index (χ3v) is 4.28. The second-order valence-electron chi connectivity index (χ2n) is 5.96. The molecule has 0 saturated heterocycles. The number of aromatic nitrogens is 2. The number of fused-ring (bicyclic) bond motifs is 1. The molecule has 0 radical (unpaired) electrons. The van der Waals surface area contributed by atoms with E-state index in [1.54, 1.807) is 22.6 Å². The van der Waals surface area contributed by atoms with E-state index >= 15 is 0 Å². The quantitative estimate of drug-likeness (QED) is 0.829. The Bertz CT molecular complexity index is 797. The second kappa shape index (κ2) is 6.35. The number of carbonyl (C=O) groups is 2. The van der Waals surface area contributed by atoms with E-state index in [1.165, 1.54) is 0 Å². The van der Waals surface area contributed by atoms with E-state index in [9.17, 15) is 9.59 Å². The number of aliphatic carboxylic acids is 1. The van der Waals surface area contributed by atoms with Crippen LogP contribution in [-0.4, -0.2) is 38.2 Å². The first-order valence-corrected chi connectivity index (χ1v) is 7.87. The maximum absolute atomic E-state index is 11.7. The first-order chi connectivity index (χ1) is 11.5. The lowest BCUT2D eigenvalue weighted by atomic mass is 10.0. The molecular formula is C17H20N4O3. The molecule has 0 bridgehead atoms.